The van der Waals surface area contributed by atoms with E-state index >= 15 is 0 Å². The lowest BCUT2D eigenvalue weighted by Crippen LogP contribution is -2.63. The molecule has 0 radical (unpaired) electrons. The molecular weight excluding hydrogens is 409 g/mol. The van der Waals surface area contributed by atoms with E-state index in [9.17, 15) is 56.7 Å². The molecule has 0 fully saturated rings. The van der Waals surface area contributed by atoms with Gasteiger partial charge in [0.25, 0.3) is 0 Å². The minimum atomic E-state index is -7.52. The molecule has 0 atom stereocenters. The van der Waals surface area contributed by atoms with Gasteiger partial charge in [0.2, 0.25) is 0 Å². The summed E-state index contributed by atoms with van der Waals surface area (Å²) in [6.07, 6.45) is -7.25. The quantitative estimate of drug-likeness (QED) is 0.541. The van der Waals surface area contributed by atoms with E-state index in [2.05, 4.69) is 4.18 Å². The van der Waals surface area contributed by atoms with Gasteiger partial charge in [-0.1, -0.05) is 0 Å². The minimum Gasteiger partial charge on any atom is -0.375 e. The highest BCUT2D eigenvalue weighted by molar-refractivity contribution is 7.88. The number of alkyl halides is 9. The summed E-state index contributed by atoms with van der Waals surface area (Å²) in [7, 11) is -7.28. The molecular formula is C10H3F11O3S. The molecule has 1 aromatic carbocycles. The summed E-state index contributed by atoms with van der Waals surface area (Å²) in [4.78, 5) is 0. The standard InChI is InChI=1S/C10H3F11O3S/c11-4-1-2-6(5(12)3-4)24-25(22,23)10(20,21)8(15,16)7(13,14)9(17,18)19/h1-3H. The fourth-order valence-corrected chi connectivity index (χ4v) is 2.15. The lowest BCUT2D eigenvalue weighted by Gasteiger charge is -2.32. The fourth-order valence-electron chi connectivity index (χ4n) is 1.23. The number of rotatable bonds is 5. The molecule has 0 aromatic heterocycles. The van der Waals surface area contributed by atoms with Gasteiger partial charge in [0, 0.05) is 6.07 Å². The zero-order valence-electron chi connectivity index (χ0n) is 11.0. The normalized spacial score (nSPS) is 14.5. The van der Waals surface area contributed by atoms with Crippen molar-refractivity contribution in [1.82, 2.24) is 0 Å². The van der Waals surface area contributed by atoms with Crippen LogP contribution in [0.3, 0.4) is 0 Å². The van der Waals surface area contributed by atoms with Gasteiger partial charge in [0.1, 0.15) is 5.82 Å². The number of hydrogen-bond donors (Lipinski definition) is 0. The van der Waals surface area contributed by atoms with Crippen molar-refractivity contribution in [2.24, 2.45) is 0 Å². The molecule has 0 saturated carbocycles. The first-order chi connectivity index (χ1) is 10.9. The molecule has 0 aliphatic carbocycles. The van der Waals surface area contributed by atoms with E-state index in [1.807, 2.05) is 0 Å². The van der Waals surface area contributed by atoms with Crippen molar-refractivity contribution < 1.29 is 60.9 Å². The van der Waals surface area contributed by atoms with Crippen LogP contribution in [0.2, 0.25) is 0 Å². The summed E-state index contributed by atoms with van der Waals surface area (Å²) in [6.45, 7) is 0. The van der Waals surface area contributed by atoms with Crippen LogP contribution < -0.4 is 4.18 Å². The maximum Gasteiger partial charge on any atom is 0.460 e. The molecule has 25 heavy (non-hydrogen) atoms. The average molecular weight is 412 g/mol. The van der Waals surface area contributed by atoms with Crippen molar-refractivity contribution in [3.05, 3.63) is 29.8 Å². The molecule has 15 heteroatoms. The van der Waals surface area contributed by atoms with Gasteiger partial charge in [-0.3, -0.25) is 0 Å². The Morgan fingerprint density at radius 1 is 0.800 bits per heavy atom. The van der Waals surface area contributed by atoms with Crippen molar-refractivity contribution in [3.8, 4) is 5.75 Å². The van der Waals surface area contributed by atoms with Crippen LogP contribution in [0.5, 0.6) is 5.75 Å². The van der Waals surface area contributed by atoms with Gasteiger partial charge in [0.15, 0.2) is 11.6 Å². The molecule has 0 saturated heterocycles. The molecule has 0 bridgehead atoms. The second-order valence-electron chi connectivity index (χ2n) is 4.28. The summed E-state index contributed by atoms with van der Waals surface area (Å²) in [5.41, 5.74) is 0. The van der Waals surface area contributed by atoms with Gasteiger partial charge in [-0.2, -0.15) is 47.9 Å². The van der Waals surface area contributed by atoms with E-state index in [1.54, 1.807) is 0 Å². The van der Waals surface area contributed by atoms with Gasteiger partial charge in [-0.15, -0.1) is 0 Å². The van der Waals surface area contributed by atoms with Crippen molar-refractivity contribution in [1.29, 1.82) is 0 Å². The summed E-state index contributed by atoms with van der Waals surface area (Å²) in [6, 6.07) is 0.0400. The SMILES string of the molecule is O=S(=O)(Oc1ccc(F)cc1F)C(F)(F)C(F)(F)C(F)(F)C(F)(F)F. The monoisotopic (exact) mass is 412 g/mol. The Kier molecular flexibility index (Phi) is 4.99. The highest BCUT2D eigenvalue weighted by Crippen LogP contribution is 2.54. The van der Waals surface area contributed by atoms with E-state index in [0.29, 0.717) is 0 Å². The summed E-state index contributed by atoms with van der Waals surface area (Å²) >= 11 is 0. The molecule has 0 heterocycles. The van der Waals surface area contributed by atoms with E-state index in [4.69, 9.17) is 0 Å². The van der Waals surface area contributed by atoms with Crippen LogP contribution in [0.25, 0.3) is 0 Å². The first kappa shape index (κ1) is 21.2. The first-order valence-corrected chi connectivity index (χ1v) is 6.88. The maximum absolute atomic E-state index is 13.3. The van der Waals surface area contributed by atoms with Crippen LogP contribution in [0, 0.1) is 11.6 Å². The van der Waals surface area contributed by atoms with Crippen LogP contribution in [0.4, 0.5) is 48.3 Å². The van der Waals surface area contributed by atoms with Crippen LogP contribution in [-0.2, 0) is 10.1 Å². The van der Waals surface area contributed by atoms with Crippen LogP contribution in [0.1, 0.15) is 0 Å². The third-order valence-electron chi connectivity index (χ3n) is 2.52. The molecule has 144 valence electrons. The van der Waals surface area contributed by atoms with Crippen molar-refractivity contribution in [2.45, 2.75) is 23.3 Å². The summed E-state index contributed by atoms with van der Waals surface area (Å²) in [5, 5.41) is -7.14. The Balaban J connectivity index is 3.39. The second kappa shape index (κ2) is 5.88. The van der Waals surface area contributed by atoms with Crippen molar-refractivity contribution in [2.75, 3.05) is 0 Å². The largest absolute Gasteiger partial charge is 0.460 e. The highest BCUT2D eigenvalue weighted by atomic mass is 32.2. The van der Waals surface area contributed by atoms with E-state index in [-0.39, 0.29) is 18.2 Å². The molecule has 0 N–H and O–H groups in total. The van der Waals surface area contributed by atoms with Crippen LogP contribution in [-0.4, -0.2) is 31.7 Å². The smallest absolute Gasteiger partial charge is 0.375 e. The molecule has 3 nitrogen and oxygen atoms in total. The van der Waals surface area contributed by atoms with Gasteiger partial charge in [-0.25, -0.2) is 8.78 Å². The Labute approximate surface area is 131 Å². The molecule has 1 aromatic rings. The Hall–Kier alpha value is -1.80. The Morgan fingerprint density at radius 3 is 1.68 bits per heavy atom. The van der Waals surface area contributed by atoms with Gasteiger partial charge >= 0.3 is 33.4 Å². The van der Waals surface area contributed by atoms with Gasteiger partial charge < -0.3 is 4.18 Å². The van der Waals surface area contributed by atoms with E-state index in [1.165, 1.54) is 0 Å². The average Bonchev–Trinajstić information content (AvgIpc) is 2.40. The lowest BCUT2D eigenvalue weighted by atomic mass is 10.1. The lowest BCUT2D eigenvalue weighted by molar-refractivity contribution is -0.382. The zero-order chi connectivity index (χ0) is 20.1. The van der Waals surface area contributed by atoms with Crippen molar-refractivity contribution >= 4 is 10.1 Å². The molecule has 0 unspecified atom stereocenters. The van der Waals surface area contributed by atoms with Gasteiger partial charge in [-0.05, 0) is 12.1 Å². The molecule has 0 aliphatic rings. The molecule has 0 aliphatic heterocycles. The topological polar surface area (TPSA) is 43.4 Å². The predicted molar refractivity (Wildman–Crippen MR) is 56.8 cm³/mol. The zero-order valence-corrected chi connectivity index (χ0v) is 11.8. The molecule has 0 amide bonds. The van der Waals surface area contributed by atoms with Crippen LogP contribution >= 0.6 is 0 Å². The first-order valence-electron chi connectivity index (χ1n) is 5.48. The highest BCUT2D eigenvalue weighted by Gasteiger charge is 2.86. The van der Waals surface area contributed by atoms with E-state index in [0.717, 1.165) is 0 Å². The molecule has 1 rings (SSSR count). The fraction of sp³-hybridized carbons (Fsp3) is 0.400. The second-order valence-corrected chi connectivity index (χ2v) is 5.86. The Morgan fingerprint density at radius 2 is 1.28 bits per heavy atom. The maximum atomic E-state index is 13.3. The number of halogens is 11. The predicted octanol–water partition coefficient (Wildman–Crippen LogP) is 4.10. The minimum absolute atomic E-state index is 0.00165. The summed E-state index contributed by atoms with van der Waals surface area (Å²) < 4.78 is 164. The molecule has 0 spiro atoms. The summed E-state index contributed by atoms with van der Waals surface area (Å²) in [5.74, 6) is -20.3. The number of benzene rings is 1. The number of hydrogen-bond acceptors (Lipinski definition) is 3. The third-order valence-corrected chi connectivity index (χ3v) is 3.81. The van der Waals surface area contributed by atoms with Gasteiger partial charge in [0.05, 0.1) is 0 Å². The van der Waals surface area contributed by atoms with Crippen LogP contribution in [0.15, 0.2) is 18.2 Å². The third kappa shape index (κ3) is 3.32. The van der Waals surface area contributed by atoms with Crippen molar-refractivity contribution in [3.63, 3.8) is 0 Å². The Bertz CT molecular complexity index is 754. The van der Waals surface area contributed by atoms with E-state index < -0.39 is 50.8 Å².